The number of aromatic nitrogens is 1. The molecule has 1 N–H and O–H groups in total. The van der Waals surface area contributed by atoms with Crippen LogP contribution in [0.1, 0.15) is 19.8 Å². The van der Waals surface area contributed by atoms with E-state index in [1.165, 1.54) is 42.2 Å². The molecular weight excluding hydrogens is 385 g/mol. The van der Waals surface area contributed by atoms with Crippen molar-refractivity contribution in [2.24, 2.45) is 0 Å². The first-order valence-corrected chi connectivity index (χ1v) is 10.6. The minimum absolute atomic E-state index is 0.102. The lowest BCUT2D eigenvalue weighted by Crippen LogP contribution is -2.52. The Morgan fingerprint density at radius 1 is 1.33 bits per heavy atom. The van der Waals surface area contributed by atoms with Gasteiger partial charge in [0.1, 0.15) is 5.82 Å². The van der Waals surface area contributed by atoms with Crippen LogP contribution in [-0.4, -0.2) is 39.4 Å². The van der Waals surface area contributed by atoms with Crippen molar-refractivity contribution < 1.29 is 14.0 Å². The van der Waals surface area contributed by atoms with Gasteiger partial charge >= 0.3 is 0 Å². The highest BCUT2D eigenvalue weighted by Crippen LogP contribution is 2.40. The fourth-order valence-corrected chi connectivity index (χ4v) is 5.70. The third kappa shape index (κ3) is 2.96. The van der Waals surface area contributed by atoms with Crippen LogP contribution in [0.25, 0.3) is 21.0 Å². The molecule has 0 saturated carbocycles. The van der Waals surface area contributed by atoms with Crippen molar-refractivity contribution in [3.05, 3.63) is 36.1 Å². The summed E-state index contributed by atoms with van der Waals surface area (Å²) in [5.41, 5.74) is 0.752. The van der Waals surface area contributed by atoms with Crippen molar-refractivity contribution >= 4 is 61.0 Å². The van der Waals surface area contributed by atoms with E-state index in [9.17, 15) is 14.0 Å². The summed E-state index contributed by atoms with van der Waals surface area (Å²) in [5.74, 6) is -0.612. The number of fused-ring (bicyclic) bond motifs is 3. The molecule has 0 bridgehead atoms. The van der Waals surface area contributed by atoms with Crippen LogP contribution >= 0.6 is 23.1 Å². The number of halogens is 1. The highest BCUT2D eigenvalue weighted by molar-refractivity contribution is 8.00. The largest absolute Gasteiger partial charge is 0.320 e. The van der Waals surface area contributed by atoms with E-state index in [1.807, 2.05) is 18.4 Å². The van der Waals surface area contributed by atoms with Crippen molar-refractivity contribution in [1.82, 2.24) is 9.88 Å². The van der Waals surface area contributed by atoms with Gasteiger partial charge in [-0.2, -0.15) is 0 Å². The lowest BCUT2D eigenvalue weighted by molar-refractivity contribution is -0.136. The van der Waals surface area contributed by atoms with Gasteiger partial charge in [-0.05, 0) is 48.7 Å². The predicted octanol–water partition coefficient (Wildman–Crippen LogP) is 4.23. The molecule has 5 nitrogen and oxygen atoms in total. The average molecular weight is 404 g/mol. The van der Waals surface area contributed by atoms with Crippen LogP contribution in [0, 0.1) is 5.82 Å². The van der Waals surface area contributed by atoms with Gasteiger partial charge in [0.15, 0.2) is 10.0 Å². The molecule has 0 radical (unpaired) electrons. The number of likely N-dealkylation sites (tertiary alicyclic amines) is 1. The Kier molecular flexibility index (Phi) is 4.55. The molecule has 1 aromatic heterocycles. The quantitative estimate of drug-likeness (QED) is 0.711. The second kappa shape index (κ2) is 6.76. The maximum atomic E-state index is 13.5. The van der Waals surface area contributed by atoms with E-state index in [0.29, 0.717) is 18.1 Å². The number of thiazole rings is 1. The number of amides is 2. The SMILES string of the molecule is CSC1(C(=O)Nc2nc3ccc4cc(F)ccc4c3s2)CCCN1C(C)=O. The van der Waals surface area contributed by atoms with E-state index in [-0.39, 0.29) is 17.6 Å². The highest BCUT2D eigenvalue weighted by atomic mass is 32.2. The standard InChI is InChI=1S/C19H18FN3O2S2/c1-11(24)23-9-3-8-19(23,26-2)17(25)22-18-21-15-7-4-12-10-13(20)5-6-14(12)16(15)27-18/h4-7,10H,3,8-9H2,1-2H3,(H,21,22,25). The van der Waals surface area contributed by atoms with Gasteiger partial charge in [-0.3, -0.25) is 14.9 Å². The number of thioether (sulfide) groups is 1. The lowest BCUT2D eigenvalue weighted by atomic mass is 10.1. The highest BCUT2D eigenvalue weighted by Gasteiger charge is 2.48. The van der Waals surface area contributed by atoms with Crippen LogP contribution in [0.15, 0.2) is 30.3 Å². The molecule has 2 heterocycles. The Morgan fingerprint density at radius 3 is 2.89 bits per heavy atom. The third-order valence-electron chi connectivity index (χ3n) is 4.96. The Bertz CT molecular complexity index is 1070. The van der Waals surface area contributed by atoms with Crippen molar-refractivity contribution in [3.8, 4) is 0 Å². The van der Waals surface area contributed by atoms with Crippen LogP contribution in [0.5, 0.6) is 0 Å². The molecule has 0 aliphatic carbocycles. The Balaban J connectivity index is 1.69. The zero-order chi connectivity index (χ0) is 19.2. The van der Waals surface area contributed by atoms with Crippen LogP contribution in [0.4, 0.5) is 9.52 Å². The van der Waals surface area contributed by atoms with Crippen LogP contribution in [-0.2, 0) is 9.59 Å². The molecule has 0 spiro atoms. The topological polar surface area (TPSA) is 62.3 Å². The molecule has 140 valence electrons. The minimum atomic E-state index is -0.894. The average Bonchev–Trinajstić information content (AvgIpc) is 3.25. The van der Waals surface area contributed by atoms with Crippen LogP contribution in [0.2, 0.25) is 0 Å². The van der Waals surface area contributed by atoms with E-state index in [0.717, 1.165) is 27.4 Å². The number of nitrogens with one attached hydrogen (secondary N) is 1. The van der Waals surface area contributed by atoms with Crippen LogP contribution < -0.4 is 5.32 Å². The van der Waals surface area contributed by atoms with Gasteiger partial charge in [-0.25, -0.2) is 9.37 Å². The van der Waals surface area contributed by atoms with E-state index in [4.69, 9.17) is 0 Å². The number of anilines is 1. The summed E-state index contributed by atoms with van der Waals surface area (Å²) >= 11 is 2.74. The van der Waals surface area contributed by atoms with Gasteiger partial charge in [-0.15, -0.1) is 11.8 Å². The molecule has 1 saturated heterocycles. The van der Waals surface area contributed by atoms with Crippen LogP contribution in [0.3, 0.4) is 0 Å². The van der Waals surface area contributed by atoms with Crippen molar-refractivity contribution in [2.75, 3.05) is 18.1 Å². The van der Waals surface area contributed by atoms with Crippen molar-refractivity contribution in [2.45, 2.75) is 24.6 Å². The third-order valence-corrected chi connectivity index (χ3v) is 7.26. The van der Waals surface area contributed by atoms with Gasteiger partial charge < -0.3 is 4.90 Å². The normalized spacial score (nSPS) is 19.7. The maximum absolute atomic E-state index is 13.5. The molecule has 1 aliphatic heterocycles. The summed E-state index contributed by atoms with van der Waals surface area (Å²) in [6, 6.07) is 8.29. The molecule has 1 atom stereocenters. The monoisotopic (exact) mass is 403 g/mol. The summed E-state index contributed by atoms with van der Waals surface area (Å²) in [7, 11) is 0. The zero-order valence-electron chi connectivity index (χ0n) is 14.9. The molecule has 2 amide bonds. The van der Waals surface area contributed by atoms with E-state index in [2.05, 4.69) is 10.3 Å². The number of hydrogen-bond donors (Lipinski definition) is 1. The summed E-state index contributed by atoms with van der Waals surface area (Å²) in [5, 5.41) is 5.08. The number of nitrogens with zero attached hydrogens (tertiary/aromatic N) is 2. The minimum Gasteiger partial charge on any atom is -0.320 e. The zero-order valence-corrected chi connectivity index (χ0v) is 16.5. The molecule has 1 unspecified atom stereocenters. The second-order valence-corrected chi connectivity index (χ2v) is 8.60. The number of benzene rings is 2. The molecule has 8 heteroatoms. The van der Waals surface area contributed by atoms with Gasteiger partial charge in [0.05, 0.1) is 10.2 Å². The first kappa shape index (κ1) is 18.2. The van der Waals surface area contributed by atoms with Gasteiger partial charge in [-0.1, -0.05) is 17.4 Å². The maximum Gasteiger partial charge on any atom is 0.262 e. The molecular formula is C19H18FN3O2S2. The van der Waals surface area contributed by atoms with Crippen molar-refractivity contribution in [3.63, 3.8) is 0 Å². The van der Waals surface area contributed by atoms with Crippen molar-refractivity contribution in [1.29, 1.82) is 0 Å². The summed E-state index contributed by atoms with van der Waals surface area (Å²) in [4.78, 5) is 30.3. The second-order valence-electron chi connectivity index (χ2n) is 6.52. The number of hydrogen-bond acceptors (Lipinski definition) is 5. The molecule has 4 rings (SSSR count). The summed E-state index contributed by atoms with van der Waals surface area (Å²) in [6.45, 7) is 2.08. The number of carbonyl (C=O) groups is 2. The van der Waals surface area contributed by atoms with E-state index < -0.39 is 4.87 Å². The smallest absolute Gasteiger partial charge is 0.262 e. The lowest BCUT2D eigenvalue weighted by Gasteiger charge is -2.34. The molecule has 27 heavy (non-hydrogen) atoms. The molecule has 1 aliphatic rings. The van der Waals surface area contributed by atoms with E-state index >= 15 is 0 Å². The molecule has 1 fully saturated rings. The first-order chi connectivity index (χ1) is 12.9. The number of carbonyl (C=O) groups excluding carboxylic acids is 2. The van der Waals surface area contributed by atoms with Gasteiger partial charge in [0.2, 0.25) is 5.91 Å². The fourth-order valence-electron chi connectivity index (χ4n) is 3.68. The summed E-state index contributed by atoms with van der Waals surface area (Å²) in [6.07, 6.45) is 3.26. The summed E-state index contributed by atoms with van der Waals surface area (Å²) < 4.78 is 14.4. The van der Waals surface area contributed by atoms with Gasteiger partial charge in [0, 0.05) is 18.9 Å². The first-order valence-electron chi connectivity index (χ1n) is 8.58. The van der Waals surface area contributed by atoms with E-state index in [1.54, 1.807) is 11.0 Å². The fraction of sp³-hybridized carbons (Fsp3) is 0.316. The Hall–Kier alpha value is -2.19. The predicted molar refractivity (Wildman–Crippen MR) is 109 cm³/mol. The molecule has 3 aromatic rings. The number of rotatable bonds is 3. The molecule has 2 aromatic carbocycles. The Morgan fingerprint density at radius 2 is 2.15 bits per heavy atom. The van der Waals surface area contributed by atoms with Gasteiger partial charge in [0.25, 0.3) is 5.91 Å². The Labute approximate surface area is 163 Å².